The fourth-order valence-corrected chi connectivity index (χ4v) is 3.75. The average Bonchev–Trinajstić information content (AvgIpc) is 2.84. The number of phenolic OH excluding ortho intramolecular Hbond substituents is 1. The second kappa shape index (κ2) is 11.8. The van der Waals surface area contributed by atoms with Crippen molar-refractivity contribution in [2.45, 2.75) is 26.7 Å². The lowest BCUT2D eigenvalue weighted by Crippen LogP contribution is -2.04. The van der Waals surface area contributed by atoms with Crippen LogP contribution in [0.25, 0.3) is 22.8 Å². The fourth-order valence-electron chi connectivity index (χ4n) is 3.75. The Balaban J connectivity index is 1.67. The highest BCUT2D eigenvalue weighted by atomic mass is 16.5. The molecule has 0 bridgehead atoms. The third kappa shape index (κ3) is 5.95. The van der Waals surface area contributed by atoms with Crippen LogP contribution in [0.3, 0.4) is 0 Å². The molecule has 3 heteroatoms. The minimum Gasteiger partial charge on any atom is -0.507 e. The van der Waals surface area contributed by atoms with Gasteiger partial charge in [0.15, 0.2) is 0 Å². The number of hydrogen-bond donors (Lipinski definition) is 1. The van der Waals surface area contributed by atoms with Crippen LogP contribution in [0.2, 0.25) is 0 Å². The monoisotopic (exact) mass is 440 g/mol. The molecule has 0 aliphatic rings. The number of benzene rings is 3. The van der Waals surface area contributed by atoms with Crippen LogP contribution >= 0.6 is 0 Å². The fraction of sp³-hybridized carbons (Fsp3) is 0.200. The summed E-state index contributed by atoms with van der Waals surface area (Å²) in [6, 6.07) is 19.7. The molecule has 0 amide bonds. The third-order valence-corrected chi connectivity index (χ3v) is 5.47. The number of unbranched alkanes of at least 4 members (excludes halogenated alkanes) is 1. The molecule has 0 heterocycles. The quantitative estimate of drug-likeness (QED) is 0.244. The van der Waals surface area contributed by atoms with Gasteiger partial charge in [-0.05, 0) is 62.1 Å². The van der Waals surface area contributed by atoms with Crippen LogP contribution in [0.1, 0.15) is 36.5 Å². The highest BCUT2D eigenvalue weighted by molar-refractivity contribution is 5.86. The van der Waals surface area contributed by atoms with Crippen molar-refractivity contribution in [1.29, 1.82) is 0 Å². The van der Waals surface area contributed by atoms with Crippen molar-refractivity contribution in [3.8, 4) is 28.4 Å². The molecule has 3 rings (SSSR count). The second-order valence-electron chi connectivity index (χ2n) is 7.80. The van der Waals surface area contributed by atoms with Gasteiger partial charge in [-0.2, -0.15) is 0 Å². The summed E-state index contributed by atoms with van der Waals surface area (Å²) in [5.74, 6) is 1.84. The maximum Gasteiger partial charge on any atom is 0.131 e. The molecule has 0 aromatic heterocycles. The Hall–Kier alpha value is -3.72. The van der Waals surface area contributed by atoms with Gasteiger partial charge in [0.1, 0.15) is 17.2 Å². The first kappa shape index (κ1) is 23.9. The molecule has 33 heavy (non-hydrogen) atoms. The maximum absolute atomic E-state index is 11.0. The van der Waals surface area contributed by atoms with Gasteiger partial charge in [-0.15, -0.1) is 0 Å². The summed E-state index contributed by atoms with van der Waals surface area (Å²) in [6.07, 6.45) is 7.24. The minimum atomic E-state index is 0.235. The predicted octanol–water partition coefficient (Wildman–Crippen LogP) is 7.84. The second-order valence-corrected chi connectivity index (χ2v) is 7.80. The van der Waals surface area contributed by atoms with E-state index in [0.717, 1.165) is 57.7 Å². The van der Waals surface area contributed by atoms with Crippen molar-refractivity contribution in [3.63, 3.8) is 0 Å². The van der Waals surface area contributed by atoms with Gasteiger partial charge in [-0.25, -0.2) is 0 Å². The van der Waals surface area contributed by atoms with Crippen LogP contribution in [-0.2, 0) is 0 Å². The molecule has 0 spiro atoms. The van der Waals surface area contributed by atoms with Crippen LogP contribution in [0.15, 0.2) is 86.0 Å². The van der Waals surface area contributed by atoms with Crippen LogP contribution in [0.5, 0.6) is 17.2 Å². The highest BCUT2D eigenvalue weighted by Crippen LogP contribution is 2.41. The van der Waals surface area contributed by atoms with E-state index in [1.54, 1.807) is 12.2 Å². The van der Waals surface area contributed by atoms with E-state index in [-0.39, 0.29) is 5.75 Å². The van der Waals surface area contributed by atoms with Crippen molar-refractivity contribution in [3.05, 3.63) is 103 Å². The molecule has 0 fully saturated rings. The molecule has 1 N–H and O–H groups in total. The zero-order valence-electron chi connectivity index (χ0n) is 19.5. The summed E-state index contributed by atoms with van der Waals surface area (Å²) in [6.45, 7) is 12.8. The molecule has 0 unspecified atom stereocenters. The number of hydrogen-bond acceptors (Lipinski definition) is 3. The molecule has 3 aromatic rings. The first-order chi connectivity index (χ1) is 16.1. The van der Waals surface area contributed by atoms with Crippen LogP contribution in [0, 0.1) is 6.92 Å². The van der Waals surface area contributed by atoms with E-state index < -0.39 is 0 Å². The normalized spacial score (nSPS) is 11.2. The molecule has 0 saturated carbocycles. The molecular weight excluding hydrogens is 408 g/mol. The standard InChI is InChI=1S/C30H32O3/c1-5-23(6-2)26-20-22(4)21-27(30(26)31)25-15-9-11-17-29(25)33-19-13-12-18-32-28-16-10-8-14-24(28)7-3/h5-11,14-17,20-21,31H,1,3,12-13,18-19H2,2,4H3/b23-6+. The molecular formula is C30H32O3. The van der Waals surface area contributed by atoms with Crippen LogP contribution < -0.4 is 9.47 Å². The van der Waals surface area contributed by atoms with Gasteiger partial charge >= 0.3 is 0 Å². The van der Waals surface area contributed by atoms with Gasteiger partial charge in [0.05, 0.1) is 13.2 Å². The topological polar surface area (TPSA) is 38.7 Å². The van der Waals surface area contributed by atoms with Gasteiger partial charge in [0.2, 0.25) is 0 Å². The molecule has 3 aromatic carbocycles. The van der Waals surface area contributed by atoms with Crippen molar-refractivity contribution < 1.29 is 14.6 Å². The van der Waals surface area contributed by atoms with Gasteiger partial charge < -0.3 is 14.6 Å². The Bertz CT molecular complexity index is 1140. The summed E-state index contributed by atoms with van der Waals surface area (Å²) >= 11 is 0. The minimum absolute atomic E-state index is 0.235. The van der Waals surface area contributed by atoms with Gasteiger partial charge in [-0.1, -0.05) is 67.8 Å². The first-order valence-corrected chi connectivity index (χ1v) is 11.3. The Labute approximate surface area is 197 Å². The lowest BCUT2D eigenvalue weighted by Gasteiger charge is -2.16. The number of para-hydroxylation sites is 2. The lowest BCUT2D eigenvalue weighted by molar-refractivity contribution is 0.266. The molecule has 0 aliphatic heterocycles. The van der Waals surface area contributed by atoms with Crippen molar-refractivity contribution >= 4 is 11.6 Å². The molecule has 170 valence electrons. The van der Waals surface area contributed by atoms with Crippen molar-refractivity contribution in [2.24, 2.45) is 0 Å². The van der Waals surface area contributed by atoms with E-state index >= 15 is 0 Å². The van der Waals surface area contributed by atoms with E-state index in [2.05, 4.69) is 13.2 Å². The molecule has 0 radical (unpaired) electrons. The van der Waals surface area contributed by atoms with Gasteiger partial charge in [0.25, 0.3) is 0 Å². The number of ether oxygens (including phenoxy) is 2. The number of phenols is 1. The number of rotatable bonds is 11. The van der Waals surface area contributed by atoms with E-state index in [9.17, 15) is 5.11 Å². The zero-order chi connectivity index (χ0) is 23.6. The molecule has 0 saturated heterocycles. The smallest absolute Gasteiger partial charge is 0.131 e. The summed E-state index contributed by atoms with van der Waals surface area (Å²) in [5, 5.41) is 11.0. The van der Waals surface area contributed by atoms with Crippen molar-refractivity contribution in [2.75, 3.05) is 13.2 Å². The molecule has 0 aliphatic carbocycles. The van der Waals surface area contributed by atoms with Gasteiger partial charge in [0, 0.05) is 22.3 Å². The molecule has 0 atom stereocenters. The summed E-state index contributed by atoms with van der Waals surface area (Å²) < 4.78 is 12.0. The summed E-state index contributed by atoms with van der Waals surface area (Å²) in [7, 11) is 0. The largest absolute Gasteiger partial charge is 0.507 e. The maximum atomic E-state index is 11.0. The number of allylic oxidation sites excluding steroid dienone is 3. The van der Waals surface area contributed by atoms with Crippen LogP contribution in [0.4, 0.5) is 0 Å². The van der Waals surface area contributed by atoms with E-state index in [1.165, 1.54) is 0 Å². The van der Waals surface area contributed by atoms with E-state index in [4.69, 9.17) is 9.47 Å². The first-order valence-electron chi connectivity index (χ1n) is 11.3. The highest BCUT2D eigenvalue weighted by Gasteiger charge is 2.15. The van der Waals surface area contributed by atoms with E-state index in [0.29, 0.717) is 13.2 Å². The Morgan fingerprint density at radius 1 is 0.879 bits per heavy atom. The third-order valence-electron chi connectivity index (χ3n) is 5.47. The van der Waals surface area contributed by atoms with E-state index in [1.807, 2.05) is 80.6 Å². The summed E-state index contributed by atoms with van der Waals surface area (Å²) in [5.41, 5.74) is 5.35. The van der Waals surface area contributed by atoms with Crippen LogP contribution in [-0.4, -0.2) is 18.3 Å². The Morgan fingerprint density at radius 2 is 1.52 bits per heavy atom. The van der Waals surface area contributed by atoms with Gasteiger partial charge in [-0.3, -0.25) is 0 Å². The Morgan fingerprint density at radius 3 is 2.18 bits per heavy atom. The summed E-state index contributed by atoms with van der Waals surface area (Å²) in [4.78, 5) is 0. The number of aromatic hydroxyl groups is 1. The zero-order valence-corrected chi connectivity index (χ0v) is 19.5. The van der Waals surface area contributed by atoms with Crippen molar-refractivity contribution in [1.82, 2.24) is 0 Å². The number of aryl methyl sites for hydroxylation is 1. The Kier molecular flexibility index (Phi) is 8.54. The average molecular weight is 441 g/mol. The predicted molar refractivity (Wildman–Crippen MR) is 139 cm³/mol. The lowest BCUT2D eigenvalue weighted by atomic mass is 9.94. The SMILES string of the molecule is C=C/C(=C\C)c1cc(C)cc(-c2ccccc2OCCCCOc2ccccc2C=C)c1O. The molecule has 3 nitrogen and oxygen atoms in total.